The molecule has 3 N–H and O–H groups in total. The number of benzene rings is 2. The predicted molar refractivity (Wildman–Crippen MR) is 105 cm³/mol. The average Bonchev–Trinajstić information content (AvgIpc) is 2.56. The number of thioether (sulfide) groups is 1. The van der Waals surface area contributed by atoms with Crippen LogP contribution in [0.4, 0.5) is 0 Å². The molecule has 2 aromatic rings. The molecule has 24 heavy (non-hydrogen) atoms. The Hall–Kier alpha value is -1.49. The van der Waals surface area contributed by atoms with Gasteiger partial charge in [0.25, 0.3) is 0 Å². The van der Waals surface area contributed by atoms with E-state index in [-0.39, 0.29) is 36.8 Å². The molecule has 2 unspecified atom stereocenters. The third-order valence-electron chi connectivity index (χ3n) is 3.70. The molecule has 0 saturated heterocycles. The van der Waals surface area contributed by atoms with Crippen LogP contribution in [0.5, 0.6) is 0 Å². The molecule has 0 aliphatic rings. The van der Waals surface area contributed by atoms with E-state index in [1.165, 1.54) is 4.90 Å². The van der Waals surface area contributed by atoms with Crippen LogP contribution in [-0.4, -0.2) is 11.7 Å². The van der Waals surface area contributed by atoms with Crippen LogP contribution in [0.2, 0.25) is 0 Å². The van der Waals surface area contributed by atoms with Crippen molar-refractivity contribution < 1.29 is 4.79 Å². The third kappa shape index (κ3) is 6.19. The van der Waals surface area contributed by atoms with E-state index in [4.69, 9.17) is 5.73 Å². The van der Waals surface area contributed by atoms with Gasteiger partial charge in [-0.2, -0.15) is 0 Å². The highest BCUT2D eigenvalue weighted by molar-refractivity contribution is 7.99. The highest BCUT2D eigenvalue weighted by atomic mass is 35.5. The lowest BCUT2D eigenvalue weighted by Crippen LogP contribution is -2.29. The number of rotatable bonds is 7. The number of carbonyl (C=O) groups is 1. The van der Waals surface area contributed by atoms with E-state index in [0.717, 1.165) is 16.9 Å². The van der Waals surface area contributed by atoms with Gasteiger partial charge in [0.05, 0.1) is 6.04 Å². The summed E-state index contributed by atoms with van der Waals surface area (Å²) in [5.41, 5.74) is 8.19. The van der Waals surface area contributed by atoms with Crippen molar-refractivity contribution in [1.29, 1.82) is 0 Å². The molecule has 3 nitrogen and oxygen atoms in total. The fourth-order valence-corrected chi connectivity index (χ4v) is 3.08. The minimum atomic E-state index is -0.272. The minimum absolute atomic E-state index is 0. The van der Waals surface area contributed by atoms with Crippen LogP contribution in [0.25, 0.3) is 0 Å². The summed E-state index contributed by atoms with van der Waals surface area (Å²) in [4.78, 5) is 13.4. The molecule has 0 radical (unpaired) electrons. The largest absolute Gasteiger partial charge is 0.350 e. The van der Waals surface area contributed by atoms with Gasteiger partial charge in [-0.3, -0.25) is 4.79 Å². The van der Waals surface area contributed by atoms with E-state index in [9.17, 15) is 4.79 Å². The monoisotopic (exact) mass is 364 g/mol. The normalized spacial score (nSPS) is 12.8. The average molecular weight is 365 g/mol. The van der Waals surface area contributed by atoms with Gasteiger partial charge >= 0.3 is 0 Å². The molecule has 0 aliphatic carbocycles. The highest BCUT2D eigenvalue weighted by Gasteiger charge is 2.14. The topological polar surface area (TPSA) is 55.1 Å². The first-order valence-corrected chi connectivity index (χ1v) is 8.91. The van der Waals surface area contributed by atoms with Crippen LogP contribution in [0.3, 0.4) is 0 Å². The molecule has 130 valence electrons. The Balaban J connectivity index is 0.00000288. The second-order valence-electron chi connectivity index (χ2n) is 5.51. The first-order chi connectivity index (χ1) is 11.1. The van der Waals surface area contributed by atoms with E-state index in [1.54, 1.807) is 0 Å². The summed E-state index contributed by atoms with van der Waals surface area (Å²) in [6.07, 6.45) is 0.290. The molecule has 5 heteroatoms. The number of nitrogens with one attached hydrogen (secondary N) is 1. The van der Waals surface area contributed by atoms with Crippen molar-refractivity contribution in [2.45, 2.75) is 37.2 Å². The number of hydrogen-bond donors (Lipinski definition) is 2. The Morgan fingerprint density at radius 2 is 1.71 bits per heavy atom. The van der Waals surface area contributed by atoms with E-state index in [1.807, 2.05) is 49.0 Å². The lowest BCUT2D eigenvalue weighted by Gasteiger charge is -2.17. The quantitative estimate of drug-likeness (QED) is 0.712. The van der Waals surface area contributed by atoms with E-state index >= 15 is 0 Å². The molecule has 2 atom stereocenters. The molecule has 1 amide bonds. The molecule has 2 rings (SSSR count). The standard InChI is InChI=1S/C19H24N2OS.ClH/c1-3-23-17-11-9-15(10-12-17)14(2)21-19(22)13-18(20)16-7-5-4-6-8-16;/h4-12,14,18H,3,13,20H2,1-2H3,(H,21,22);1H. The number of carbonyl (C=O) groups excluding carboxylic acids is 1. The molecule has 0 bridgehead atoms. The van der Waals surface area contributed by atoms with Crippen molar-refractivity contribution in [3.05, 3.63) is 65.7 Å². The maximum Gasteiger partial charge on any atom is 0.222 e. The van der Waals surface area contributed by atoms with Gasteiger partial charge in [0, 0.05) is 17.4 Å². The van der Waals surface area contributed by atoms with Gasteiger partial charge in [-0.15, -0.1) is 24.2 Å². The Morgan fingerprint density at radius 3 is 2.29 bits per heavy atom. The Morgan fingerprint density at radius 1 is 1.08 bits per heavy atom. The van der Waals surface area contributed by atoms with Gasteiger partial charge in [-0.25, -0.2) is 0 Å². The SMILES string of the molecule is CCSc1ccc(C(C)NC(=O)CC(N)c2ccccc2)cc1.Cl. The minimum Gasteiger partial charge on any atom is -0.350 e. The van der Waals surface area contributed by atoms with Crippen molar-refractivity contribution in [2.75, 3.05) is 5.75 Å². The van der Waals surface area contributed by atoms with Crippen LogP contribution in [0.15, 0.2) is 59.5 Å². The van der Waals surface area contributed by atoms with Gasteiger partial charge in [0.15, 0.2) is 0 Å². The maximum atomic E-state index is 12.2. The molecule has 0 spiro atoms. The summed E-state index contributed by atoms with van der Waals surface area (Å²) < 4.78 is 0. The maximum absolute atomic E-state index is 12.2. The second-order valence-corrected chi connectivity index (χ2v) is 6.85. The Bertz CT molecular complexity index is 619. The van der Waals surface area contributed by atoms with Crippen LogP contribution >= 0.6 is 24.2 Å². The second kappa shape index (κ2) is 10.4. The van der Waals surface area contributed by atoms with E-state index in [0.29, 0.717) is 0 Å². The molecule has 0 fully saturated rings. The van der Waals surface area contributed by atoms with Crippen LogP contribution in [-0.2, 0) is 4.79 Å². The molecule has 0 aromatic heterocycles. The van der Waals surface area contributed by atoms with E-state index in [2.05, 4.69) is 36.5 Å². The smallest absolute Gasteiger partial charge is 0.222 e. The Labute approximate surface area is 154 Å². The van der Waals surface area contributed by atoms with Gasteiger partial charge in [0.2, 0.25) is 5.91 Å². The highest BCUT2D eigenvalue weighted by Crippen LogP contribution is 2.21. The number of nitrogens with two attached hydrogens (primary N) is 1. The lowest BCUT2D eigenvalue weighted by molar-refractivity contribution is -0.122. The molecular formula is C19H25ClN2OS. The van der Waals surface area contributed by atoms with Gasteiger partial charge in [0.1, 0.15) is 0 Å². The van der Waals surface area contributed by atoms with Gasteiger partial charge in [-0.05, 0) is 35.9 Å². The van der Waals surface area contributed by atoms with Gasteiger partial charge in [-0.1, -0.05) is 49.4 Å². The van der Waals surface area contributed by atoms with Crippen LogP contribution in [0, 0.1) is 0 Å². The predicted octanol–water partition coefficient (Wildman–Crippen LogP) is 4.49. The molecule has 0 heterocycles. The van der Waals surface area contributed by atoms with Crippen LogP contribution in [0.1, 0.15) is 43.5 Å². The van der Waals surface area contributed by atoms with Crippen molar-refractivity contribution in [1.82, 2.24) is 5.32 Å². The number of hydrogen-bond acceptors (Lipinski definition) is 3. The summed E-state index contributed by atoms with van der Waals surface area (Å²) in [5, 5.41) is 3.02. The van der Waals surface area contributed by atoms with Crippen molar-refractivity contribution >= 4 is 30.1 Å². The third-order valence-corrected chi connectivity index (χ3v) is 4.60. The lowest BCUT2D eigenvalue weighted by atomic mass is 10.0. The molecule has 2 aromatic carbocycles. The summed E-state index contributed by atoms with van der Waals surface area (Å²) in [6.45, 7) is 4.13. The van der Waals surface area contributed by atoms with Crippen molar-refractivity contribution in [3.63, 3.8) is 0 Å². The first kappa shape index (κ1) is 20.6. The number of halogens is 1. The summed E-state index contributed by atoms with van der Waals surface area (Å²) in [7, 11) is 0. The fraction of sp³-hybridized carbons (Fsp3) is 0.316. The zero-order chi connectivity index (χ0) is 16.7. The Kier molecular flexibility index (Phi) is 8.90. The van der Waals surface area contributed by atoms with Gasteiger partial charge < -0.3 is 11.1 Å². The fourth-order valence-electron chi connectivity index (χ4n) is 2.42. The summed E-state index contributed by atoms with van der Waals surface area (Å²) in [6, 6.07) is 17.8. The van der Waals surface area contributed by atoms with Crippen molar-refractivity contribution in [3.8, 4) is 0 Å². The molecular weight excluding hydrogens is 340 g/mol. The molecule has 0 aliphatic heterocycles. The zero-order valence-corrected chi connectivity index (χ0v) is 15.7. The number of amides is 1. The van der Waals surface area contributed by atoms with Crippen molar-refractivity contribution in [2.24, 2.45) is 5.73 Å². The van der Waals surface area contributed by atoms with E-state index < -0.39 is 0 Å². The zero-order valence-electron chi connectivity index (χ0n) is 14.1. The molecule has 0 saturated carbocycles. The van der Waals surface area contributed by atoms with Crippen LogP contribution < -0.4 is 11.1 Å². The first-order valence-electron chi connectivity index (χ1n) is 7.92. The summed E-state index contributed by atoms with van der Waals surface area (Å²) in [5.74, 6) is 1.03. The summed E-state index contributed by atoms with van der Waals surface area (Å²) >= 11 is 1.81.